The molecule has 5 heteroatoms. The second-order valence-corrected chi connectivity index (χ2v) is 7.88. The SMILES string of the molecule is CCC(=O)Nc1ccc(C(C)NCc2csc(C(C)(C)C)n2)cc1. The smallest absolute Gasteiger partial charge is 0.224 e. The maximum absolute atomic E-state index is 11.4. The van der Waals surface area contributed by atoms with Crippen molar-refractivity contribution in [3.05, 3.63) is 45.9 Å². The van der Waals surface area contributed by atoms with Gasteiger partial charge < -0.3 is 10.6 Å². The topological polar surface area (TPSA) is 54.0 Å². The second kappa shape index (κ2) is 7.90. The Bertz CT molecular complexity index is 671. The van der Waals surface area contributed by atoms with Gasteiger partial charge in [0.1, 0.15) is 0 Å². The summed E-state index contributed by atoms with van der Waals surface area (Å²) in [6, 6.07) is 8.21. The largest absolute Gasteiger partial charge is 0.326 e. The summed E-state index contributed by atoms with van der Waals surface area (Å²) in [5.74, 6) is 0.0344. The Kier molecular flexibility index (Phi) is 6.13. The molecule has 0 saturated carbocycles. The van der Waals surface area contributed by atoms with Crippen molar-refractivity contribution < 1.29 is 4.79 Å². The fourth-order valence-electron chi connectivity index (χ4n) is 2.21. The zero-order valence-corrected chi connectivity index (χ0v) is 16.0. The molecular weight excluding hydrogens is 318 g/mol. The monoisotopic (exact) mass is 345 g/mol. The van der Waals surface area contributed by atoms with Crippen LogP contribution in [-0.2, 0) is 16.8 Å². The lowest BCUT2D eigenvalue weighted by molar-refractivity contribution is -0.115. The molecule has 0 spiro atoms. The van der Waals surface area contributed by atoms with Crippen LogP contribution < -0.4 is 10.6 Å². The van der Waals surface area contributed by atoms with E-state index >= 15 is 0 Å². The highest BCUT2D eigenvalue weighted by atomic mass is 32.1. The number of benzene rings is 1. The lowest BCUT2D eigenvalue weighted by Crippen LogP contribution is -2.19. The highest BCUT2D eigenvalue weighted by molar-refractivity contribution is 7.09. The van der Waals surface area contributed by atoms with Crippen LogP contribution in [-0.4, -0.2) is 10.9 Å². The molecule has 0 aliphatic heterocycles. The first-order valence-electron chi connectivity index (χ1n) is 8.37. The number of amides is 1. The third-order valence-corrected chi connectivity index (χ3v) is 5.12. The first-order valence-corrected chi connectivity index (χ1v) is 9.25. The van der Waals surface area contributed by atoms with E-state index in [1.165, 1.54) is 10.6 Å². The van der Waals surface area contributed by atoms with Crippen molar-refractivity contribution in [3.8, 4) is 0 Å². The van der Waals surface area contributed by atoms with Gasteiger partial charge >= 0.3 is 0 Å². The van der Waals surface area contributed by atoms with Crippen LogP contribution in [0.1, 0.15) is 63.3 Å². The first-order chi connectivity index (χ1) is 11.3. The number of hydrogen-bond donors (Lipinski definition) is 2. The van der Waals surface area contributed by atoms with Gasteiger partial charge in [-0.2, -0.15) is 0 Å². The van der Waals surface area contributed by atoms with Crippen molar-refractivity contribution in [1.82, 2.24) is 10.3 Å². The predicted molar refractivity (Wildman–Crippen MR) is 101 cm³/mol. The number of anilines is 1. The zero-order valence-electron chi connectivity index (χ0n) is 15.1. The van der Waals surface area contributed by atoms with Crippen LogP contribution in [0.15, 0.2) is 29.6 Å². The minimum atomic E-state index is 0.0344. The number of aromatic nitrogens is 1. The van der Waals surface area contributed by atoms with Crippen LogP contribution in [0.2, 0.25) is 0 Å². The maximum atomic E-state index is 11.4. The van der Waals surface area contributed by atoms with Crippen LogP contribution in [0.4, 0.5) is 5.69 Å². The van der Waals surface area contributed by atoms with Gasteiger partial charge in [-0.3, -0.25) is 4.79 Å². The van der Waals surface area contributed by atoms with Crippen molar-refractivity contribution in [3.63, 3.8) is 0 Å². The molecule has 0 radical (unpaired) electrons. The summed E-state index contributed by atoms with van der Waals surface area (Å²) in [5, 5.41) is 9.67. The molecule has 1 atom stereocenters. The van der Waals surface area contributed by atoms with E-state index < -0.39 is 0 Å². The highest BCUT2D eigenvalue weighted by Gasteiger charge is 2.18. The van der Waals surface area contributed by atoms with Gasteiger partial charge in [0.25, 0.3) is 0 Å². The van der Waals surface area contributed by atoms with Gasteiger partial charge in [-0.15, -0.1) is 11.3 Å². The van der Waals surface area contributed by atoms with E-state index in [4.69, 9.17) is 4.98 Å². The Balaban J connectivity index is 1.91. The third-order valence-electron chi connectivity index (χ3n) is 3.80. The van der Waals surface area contributed by atoms with Crippen molar-refractivity contribution in [2.75, 3.05) is 5.32 Å². The zero-order chi connectivity index (χ0) is 17.7. The lowest BCUT2D eigenvalue weighted by atomic mass is 9.98. The van der Waals surface area contributed by atoms with Crippen LogP contribution >= 0.6 is 11.3 Å². The van der Waals surface area contributed by atoms with E-state index in [2.05, 4.69) is 43.7 Å². The molecule has 1 aromatic heterocycles. The molecule has 2 rings (SSSR count). The number of nitrogens with zero attached hydrogens (tertiary/aromatic N) is 1. The Morgan fingerprint density at radius 2 is 1.92 bits per heavy atom. The number of rotatable bonds is 6. The number of hydrogen-bond acceptors (Lipinski definition) is 4. The molecule has 130 valence electrons. The van der Waals surface area contributed by atoms with Crippen LogP contribution in [0.3, 0.4) is 0 Å². The Morgan fingerprint density at radius 1 is 1.25 bits per heavy atom. The number of carbonyl (C=O) groups excluding carboxylic acids is 1. The number of thiazole rings is 1. The molecule has 0 aliphatic rings. The van der Waals surface area contributed by atoms with Crippen molar-refractivity contribution in [2.24, 2.45) is 0 Å². The predicted octanol–water partition coefficient (Wildman–Crippen LogP) is 4.64. The van der Waals surface area contributed by atoms with E-state index in [0.29, 0.717) is 6.42 Å². The fourth-order valence-corrected chi connectivity index (χ4v) is 3.12. The van der Waals surface area contributed by atoms with E-state index in [-0.39, 0.29) is 17.4 Å². The van der Waals surface area contributed by atoms with Crippen LogP contribution in [0.25, 0.3) is 0 Å². The fraction of sp³-hybridized carbons (Fsp3) is 0.474. The van der Waals surface area contributed by atoms with Crippen molar-refractivity contribution in [1.29, 1.82) is 0 Å². The Hall–Kier alpha value is -1.72. The second-order valence-electron chi connectivity index (χ2n) is 7.02. The van der Waals surface area contributed by atoms with E-state index in [1.54, 1.807) is 11.3 Å². The molecule has 0 aliphatic carbocycles. The summed E-state index contributed by atoms with van der Waals surface area (Å²) >= 11 is 1.72. The molecule has 0 bridgehead atoms. The standard InChI is InChI=1S/C19H27N3OS/c1-6-17(23)21-15-9-7-14(8-10-15)13(2)20-11-16-12-24-18(22-16)19(3,4)5/h7-10,12-13,20H,6,11H2,1-5H3,(H,21,23). The summed E-state index contributed by atoms with van der Waals surface area (Å²) in [6.45, 7) is 11.3. The molecule has 1 aromatic carbocycles. The van der Waals surface area contributed by atoms with Gasteiger partial charge in [-0.05, 0) is 24.6 Å². The summed E-state index contributed by atoms with van der Waals surface area (Å²) in [7, 11) is 0. The van der Waals surface area contributed by atoms with E-state index in [1.807, 2.05) is 31.2 Å². The van der Waals surface area contributed by atoms with Gasteiger partial charge in [0.05, 0.1) is 10.7 Å². The molecule has 1 amide bonds. The lowest BCUT2D eigenvalue weighted by Gasteiger charge is -2.15. The molecule has 1 heterocycles. The molecule has 24 heavy (non-hydrogen) atoms. The minimum Gasteiger partial charge on any atom is -0.326 e. The van der Waals surface area contributed by atoms with Gasteiger partial charge in [0, 0.05) is 35.5 Å². The summed E-state index contributed by atoms with van der Waals surface area (Å²) in [6.07, 6.45) is 0.490. The molecule has 1 unspecified atom stereocenters. The Labute approximate surface area is 148 Å². The first kappa shape index (κ1) is 18.6. The number of nitrogens with one attached hydrogen (secondary N) is 2. The quantitative estimate of drug-likeness (QED) is 0.802. The van der Waals surface area contributed by atoms with Crippen molar-refractivity contribution >= 4 is 22.9 Å². The molecule has 2 N–H and O–H groups in total. The average molecular weight is 346 g/mol. The summed E-state index contributed by atoms with van der Waals surface area (Å²) in [5.41, 5.74) is 3.22. The minimum absolute atomic E-state index is 0.0344. The molecule has 4 nitrogen and oxygen atoms in total. The van der Waals surface area contributed by atoms with Crippen molar-refractivity contribution in [2.45, 2.75) is 59.0 Å². The van der Waals surface area contributed by atoms with Gasteiger partial charge in [0.2, 0.25) is 5.91 Å². The normalized spacial score (nSPS) is 12.9. The highest BCUT2D eigenvalue weighted by Crippen LogP contribution is 2.25. The van der Waals surface area contributed by atoms with Crippen LogP contribution in [0, 0.1) is 0 Å². The Morgan fingerprint density at radius 3 is 2.46 bits per heavy atom. The van der Waals surface area contributed by atoms with Crippen LogP contribution in [0.5, 0.6) is 0 Å². The summed E-state index contributed by atoms with van der Waals surface area (Å²) < 4.78 is 0. The molecule has 2 aromatic rings. The number of carbonyl (C=O) groups is 1. The van der Waals surface area contributed by atoms with Gasteiger partial charge in [-0.1, -0.05) is 39.8 Å². The average Bonchev–Trinajstić information content (AvgIpc) is 3.02. The molecule has 0 saturated heterocycles. The van der Waals surface area contributed by atoms with E-state index in [0.717, 1.165) is 17.9 Å². The molecular formula is C19H27N3OS. The maximum Gasteiger partial charge on any atom is 0.224 e. The van der Waals surface area contributed by atoms with Gasteiger partial charge in [0.15, 0.2) is 0 Å². The molecule has 0 fully saturated rings. The van der Waals surface area contributed by atoms with E-state index in [9.17, 15) is 4.79 Å². The third kappa shape index (κ3) is 5.14. The van der Waals surface area contributed by atoms with Gasteiger partial charge in [-0.25, -0.2) is 4.98 Å². The summed E-state index contributed by atoms with van der Waals surface area (Å²) in [4.78, 5) is 16.1.